The van der Waals surface area contributed by atoms with Gasteiger partial charge in [-0.1, -0.05) is 6.42 Å². The molecule has 4 rings (SSSR count). The molecule has 2 heterocycles. The molecular formula is C15H18FN3. The van der Waals surface area contributed by atoms with Crippen LogP contribution in [0, 0.1) is 5.82 Å². The van der Waals surface area contributed by atoms with E-state index in [0.717, 1.165) is 29.4 Å². The number of likely N-dealkylation sites (tertiary alicyclic amines) is 1. The van der Waals surface area contributed by atoms with Gasteiger partial charge in [-0.25, -0.2) is 9.37 Å². The lowest BCUT2D eigenvalue weighted by Gasteiger charge is -2.34. The summed E-state index contributed by atoms with van der Waals surface area (Å²) in [6.45, 7) is 2.29. The van der Waals surface area contributed by atoms with Crippen LogP contribution in [0.1, 0.15) is 37.4 Å². The number of benzene rings is 1. The summed E-state index contributed by atoms with van der Waals surface area (Å²) >= 11 is 0. The molecule has 1 aliphatic carbocycles. The summed E-state index contributed by atoms with van der Waals surface area (Å²) in [6.07, 6.45) is 5.27. The molecule has 1 saturated carbocycles. The number of hydrogen-bond donors (Lipinski definition) is 1. The van der Waals surface area contributed by atoms with Crippen molar-refractivity contribution in [1.29, 1.82) is 0 Å². The highest BCUT2D eigenvalue weighted by atomic mass is 19.1. The van der Waals surface area contributed by atoms with Gasteiger partial charge in [-0.05, 0) is 44.0 Å². The van der Waals surface area contributed by atoms with Crippen LogP contribution in [0.15, 0.2) is 18.2 Å². The van der Waals surface area contributed by atoms with Gasteiger partial charge in [-0.15, -0.1) is 0 Å². The largest absolute Gasteiger partial charge is 0.342 e. The molecule has 1 atom stereocenters. The fourth-order valence-electron chi connectivity index (χ4n) is 3.29. The van der Waals surface area contributed by atoms with Crippen LogP contribution in [-0.2, 0) is 0 Å². The number of fused-ring (bicyclic) bond motifs is 1. The number of rotatable bonds is 2. The maximum Gasteiger partial charge on any atom is 0.125 e. The van der Waals surface area contributed by atoms with Crippen molar-refractivity contribution in [3.05, 3.63) is 29.8 Å². The lowest BCUT2D eigenvalue weighted by Crippen LogP contribution is -2.38. The molecule has 1 aromatic heterocycles. The van der Waals surface area contributed by atoms with Crippen LogP contribution in [0.25, 0.3) is 11.0 Å². The van der Waals surface area contributed by atoms with Crippen molar-refractivity contribution < 1.29 is 4.39 Å². The highest BCUT2D eigenvalue weighted by Gasteiger charge is 2.33. The fraction of sp³-hybridized carbons (Fsp3) is 0.533. The monoisotopic (exact) mass is 259 g/mol. The number of nitrogens with zero attached hydrogens (tertiary/aromatic N) is 2. The Hall–Kier alpha value is -1.42. The third kappa shape index (κ3) is 1.94. The van der Waals surface area contributed by atoms with Crippen LogP contribution in [-0.4, -0.2) is 34.0 Å². The van der Waals surface area contributed by atoms with Crippen molar-refractivity contribution in [3.8, 4) is 0 Å². The lowest BCUT2D eigenvalue weighted by molar-refractivity contribution is 0.157. The van der Waals surface area contributed by atoms with Crippen LogP contribution in [0.2, 0.25) is 0 Å². The molecule has 19 heavy (non-hydrogen) atoms. The van der Waals surface area contributed by atoms with Crippen LogP contribution in [0.5, 0.6) is 0 Å². The Morgan fingerprint density at radius 1 is 1.26 bits per heavy atom. The molecule has 1 saturated heterocycles. The number of halogens is 1. The van der Waals surface area contributed by atoms with E-state index in [1.165, 1.54) is 44.4 Å². The number of H-pyrrole nitrogens is 1. The number of imidazole rings is 1. The van der Waals surface area contributed by atoms with Gasteiger partial charge in [0.2, 0.25) is 0 Å². The third-order valence-electron chi connectivity index (χ3n) is 4.66. The van der Waals surface area contributed by atoms with Crippen molar-refractivity contribution in [1.82, 2.24) is 14.9 Å². The Labute approximate surface area is 111 Å². The first-order valence-electron chi connectivity index (χ1n) is 7.19. The van der Waals surface area contributed by atoms with E-state index in [1.54, 1.807) is 6.07 Å². The van der Waals surface area contributed by atoms with Gasteiger partial charge in [0.15, 0.2) is 0 Å². The standard InChI is InChI=1S/C15H18FN3/c16-11-4-5-13-14(8-11)18-15(17-13)10-6-7-19(9-10)12-2-1-3-12/h4-5,8,10,12H,1-3,6-7,9H2,(H,17,18)/t10-/m0/s1. The summed E-state index contributed by atoms with van der Waals surface area (Å²) in [4.78, 5) is 10.5. The van der Waals surface area contributed by atoms with Gasteiger partial charge < -0.3 is 4.98 Å². The summed E-state index contributed by atoms with van der Waals surface area (Å²) in [6, 6.07) is 5.57. The zero-order chi connectivity index (χ0) is 12.8. The first-order chi connectivity index (χ1) is 9.29. The van der Waals surface area contributed by atoms with Gasteiger partial charge in [0, 0.05) is 18.5 Å². The zero-order valence-corrected chi connectivity index (χ0v) is 10.9. The van der Waals surface area contributed by atoms with Gasteiger partial charge >= 0.3 is 0 Å². The molecule has 2 fully saturated rings. The van der Waals surface area contributed by atoms with Crippen molar-refractivity contribution >= 4 is 11.0 Å². The molecule has 1 N–H and O–H groups in total. The summed E-state index contributed by atoms with van der Waals surface area (Å²) in [5, 5.41) is 0. The van der Waals surface area contributed by atoms with E-state index < -0.39 is 0 Å². The molecule has 1 aliphatic heterocycles. The number of aromatic amines is 1. The Balaban J connectivity index is 1.57. The molecule has 0 radical (unpaired) electrons. The Bertz CT molecular complexity index is 602. The fourth-order valence-corrected chi connectivity index (χ4v) is 3.29. The number of aromatic nitrogens is 2. The highest BCUT2D eigenvalue weighted by molar-refractivity contribution is 5.75. The van der Waals surface area contributed by atoms with Crippen LogP contribution >= 0.6 is 0 Å². The quantitative estimate of drug-likeness (QED) is 0.899. The van der Waals surface area contributed by atoms with E-state index >= 15 is 0 Å². The Kier molecular flexibility index (Phi) is 2.58. The summed E-state index contributed by atoms with van der Waals surface area (Å²) < 4.78 is 13.2. The minimum absolute atomic E-state index is 0.204. The molecule has 4 heteroatoms. The average Bonchev–Trinajstić information content (AvgIpc) is 2.92. The third-order valence-corrected chi connectivity index (χ3v) is 4.66. The second-order valence-corrected chi connectivity index (χ2v) is 5.85. The van der Waals surface area contributed by atoms with Crippen molar-refractivity contribution in [2.45, 2.75) is 37.6 Å². The van der Waals surface area contributed by atoms with E-state index in [4.69, 9.17) is 0 Å². The second kappa shape index (κ2) is 4.30. The molecule has 3 nitrogen and oxygen atoms in total. The first kappa shape index (κ1) is 11.4. The molecule has 2 aromatic rings. The van der Waals surface area contributed by atoms with Gasteiger partial charge in [-0.2, -0.15) is 0 Å². The van der Waals surface area contributed by atoms with E-state index in [0.29, 0.717) is 5.92 Å². The Morgan fingerprint density at radius 2 is 2.16 bits per heavy atom. The predicted molar refractivity (Wildman–Crippen MR) is 72.6 cm³/mol. The maximum atomic E-state index is 13.2. The van der Waals surface area contributed by atoms with Gasteiger partial charge in [-0.3, -0.25) is 4.90 Å². The SMILES string of the molecule is Fc1ccc2nc([C@H]3CCN(C4CCC4)C3)[nH]c2c1. The first-order valence-corrected chi connectivity index (χ1v) is 7.19. The number of hydrogen-bond acceptors (Lipinski definition) is 2. The zero-order valence-electron chi connectivity index (χ0n) is 10.9. The van der Waals surface area contributed by atoms with E-state index in [-0.39, 0.29) is 5.82 Å². The summed E-state index contributed by atoms with van der Waals surface area (Å²) in [7, 11) is 0. The summed E-state index contributed by atoms with van der Waals surface area (Å²) in [5.74, 6) is 1.31. The maximum absolute atomic E-state index is 13.2. The van der Waals surface area contributed by atoms with Crippen molar-refractivity contribution in [2.24, 2.45) is 0 Å². The molecule has 2 aliphatic rings. The van der Waals surface area contributed by atoms with Crippen LogP contribution in [0.4, 0.5) is 4.39 Å². The average molecular weight is 259 g/mol. The normalized spacial score (nSPS) is 25.0. The minimum Gasteiger partial charge on any atom is -0.342 e. The topological polar surface area (TPSA) is 31.9 Å². The molecule has 0 unspecified atom stereocenters. The van der Waals surface area contributed by atoms with Crippen molar-refractivity contribution in [3.63, 3.8) is 0 Å². The van der Waals surface area contributed by atoms with Crippen LogP contribution < -0.4 is 0 Å². The van der Waals surface area contributed by atoms with Gasteiger partial charge in [0.25, 0.3) is 0 Å². The van der Waals surface area contributed by atoms with Crippen molar-refractivity contribution in [2.75, 3.05) is 13.1 Å². The molecule has 1 aromatic carbocycles. The second-order valence-electron chi connectivity index (χ2n) is 5.85. The van der Waals surface area contributed by atoms with E-state index in [9.17, 15) is 4.39 Å². The smallest absolute Gasteiger partial charge is 0.125 e. The molecule has 0 amide bonds. The molecular weight excluding hydrogens is 241 g/mol. The molecule has 100 valence electrons. The lowest BCUT2D eigenvalue weighted by atomic mass is 9.92. The van der Waals surface area contributed by atoms with E-state index in [2.05, 4.69) is 14.9 Å². The van der Waals surface area contributed by atoms with E-state index in [1.807, 2.05) is 0 Å². The van der Waals surface area contributed by atoms with Gasteiger partial charge in [0.05, 0.1) is 11.0 Å². The Morgan fingerprint density at radius 3 is 2.95 bits per heavy atom. The van der Waals surface area contributed by atoms with Gasteiger partial charge in [0.1, 0.15) is 11.6 Å². The predicted octanol–water partition coefficient (Wildman–Crippen LogP) is 3.04. The molecule has 0 bridgehead atoms. The summed E-state index contributed by atoms with van der Waals surface area (Å²) in [5.41, 5.74) is 1.69. The highest BCUT2D eigenvalue weighted by Crippen LogP contribution is 2.33. The molecule has 0 spiro atoms. The number of nitrogens with one attached hydrogen (secondary N) is 1. The van der Waals surface area contributed by atoms with Crippen LogP contribution in [0.3, 0.4) is 0 Å². The minimum atomic E-state index is -0.204.